The van der Waals surface area contributed by atoms with Gasteiger partial charge in [0.25, 0.3) is 21.1 Å². The summed E-state index contributed by atoms with van der Waals surface area (Å²) in [5, 5.41) is 0. The molecule has 0 aromatic heterocycles. The van der Waals surface area contributed by atoms with E-state index >= 15 is 0 Å². The zero-order valence-electron chi connectivity index (χ0n) is 7.48. The van der Waals surface area contributed by atoms with Crippen molar-refractivity contribution in [3.63, 3.8) is 0 Å². The lowest BCUT2D eigenvalue weighted by atomic mass is 10.2. The molecule has 0 saturated heterocycles. The maximum atomic E-state index is 10.4. The Morgan fingerprint density at radius 3 is 1.87 bits per heavy atom. The van der Waals surface area contributed by atoms with Gasteiger partial charge in [-0.2, -0.15) is 8.42 Å². The second kappa shape index (κ2) is 6.51. The smallest absolute Gasteiger partial charge is 0.269 e. The highest BCUT2D eigenvalue weighted by Crippen LogP contribution is 2.02. The van der Waals surface area contributed by atoms with E-state index in [1.807, 2.05) is 0 Å². The van der Waals surface area contributed by atoms with E-state index in [1.165, 1.54) is 0 Å². The average molecular weight is 254 g/mol. The summed E-state index contributed by atoms with van der Waals surface area (Å²) in [7, 11) is -7.00. The maximum absolute atomic E-state index is 10.4. The molecule has 0 radical (unpaired) electrons. The Morgan fingerprint density at radius 2 is 1.53 bits per heavy atom. The molecule has 0 saturated carbocycles. The Hall–Kier alpha value is -0.960. The van der Waals surface area contributed by atoms with Gasteiger partial charge in [-0.25, -0.2) is 8.42 Å². The van der Waals surface area contributed by atoms with Crippen LogP contribution >= 0.6 is 0 Å². The SMILES string of the molecule is O=S(=O)(O)Cc1ccccc1.O=[SH](=O)O. The quantitative estimate of drug-likeness (QED) is 0.512. The van der Waals surface area contributed by atoms with Gasteiger partial charge in [-0.15, -0.1) is 0 Å². The van der Waals surface area contributed by atoms with Crippen LogP contribution in [0.3, 0.4) is 0 Å². The molecule has 0 spiro atoms. The van der Waals surface area contributed by atoms with Crippen LogP contribution in [0.5, 0.6) is 0 Å². The highest BCUT2D eigenvalue weighted by molar-refractivity contribution is 7.85. The summed E-state index contributed by atoms with van der Waals surface area (Å²) in [6.45, 7) is 0. The molecule has 1 rings (SSSR count). The molecule has 0 fully saturated rings. The molecule has 0 amide bonds. The van der Waals surface area contributed by atoms with E-state index < -0.39 is 21.1 Å². The van der Waals surface area contributed by atoms with E-state index in [0.29, 0.717) is 5.56 Å². The molecule has 15 heavy (non-hydrogen) atoms. The summed E-state index contributed by atoms with van der Waals surface area (Å²) in [5.74, 6) is -0.312. The van der Waals surface area contributed by atoms with Gasteiger partial charge in [0.05, 0.1) is 0 Å². The summed E-state index contributed by atoms with van der Waals surface area (Å²) in [6.07, 6.45) is 0. The van der Waals surface area contributed by atoms with Crippen molar-refractivity contribution in [3.8, 4) is 0 Å². The van der Waals surface area contributed by atoms with Crippen LogP contribution in [0.4, 0.5) is 0 Å². The molecule has 0 aliphatic carbocycles. The first kappa shape index (κ1) is 14.0. The fraction of sp³-hybridized carbons (Fsp3) is 0.143. The van der Waals surface area contributed by atoms with Gasteiger partial charge in [0, 0.05) is 0 Å². The first-order chi connectivity index (χ1) is 6.81. The number of rotatable bonds is 2. The van der Waals surface area contributed by atoms with Crippen LogP contribution in [0.25, 0.3) is 0 Å². The first-order valence-corrected chi connectivity index (χ1v) is 6.37. The van der Waals surface area contributed by atoms with Crippen molar-refractivity contribution < 1.29 is 25.9 Å². The molecule has 86 valence electrons. The topological polar surface area (TPSA) is 109 Å². The minimum atomic E-state index is -3.88. The molecule has 1 aromatic rings. The molecule has 0 aliphatic rings. The van der Waals surface area contributed by atoms with Crippen molar-refractivity contribution in [1.29, 1.82) is 0 Å². The summed E-state index contributed by atoms with van der Waals surface area (Å²) in [5.41, 5.74) is 0.593. The third-order valence-corrected chi connectivity index (χ3v) is 1.89. The summed E-state index contributed by atoms with van der Waals surface area (Å²) in [4.78, 5) is 0. The highest BCUT2D eigenvalue weighted by atomic mass is 32.2. The molecule has 0 aliphatic heterocycles. The van der Waals surface area contributed by atoms with E-state index in [1.54, 1.807) is 30.3 Å². The number of hydrogen-bond acceptors (Lipinski definition) is 4. The summed E-state index contributed by atoms with van der Waals surface area (Å²) < 4.78 is 53.4. The molecule has 0 bridgehead atoms. The summed E-state index contributed by atoms with van der Waals surface area (Å²) >= 11 is 0. The molecule has 0 heterocycles. The Bertz CT molecular complexity index is 440. The third-order valence-electron chi connectivity index (χ3n) is 1.19. The van der Waals surface area contributed by atoms with Gasteiger partial charge >= 0.3 is 0 Å². The molecule has 2 N–H and O–H groups in total. The lowest BCUT2D eigenvalue weighted by Crippen LogP contribution is -2.00. The van der Waals surface area contributed by atoms with Crippen LogP contribution in [-0.2, 0) is 26.9 Å². The predicted octanol–water partition coefficient (Wildman–Crippen LogP) is 0.145. The first-order valence-electron chi connectivity index (χ1n) is 3.63. The fourth-order valence-corrected chi connectivity index (χ4v) is 1.40. The lowest BCUT2D eigenvalue weighted by Gasteiger charge is -1.95. The Morgan fingerprint density at radius 1 is 1.13 bits per heavy atom. The normalized spacial score (nSPS) is 10.6. The molecular formula is C7H10O6S2. The van der Waals surface area contributed by atoms with Crippen molar-refractivity contribution in [1.82, 2.24) is 0 Å². The zero-order chi connectivity index (χ0) is 11.9. The molecule has 1 aromatic carbocycles. The molecule has 8 heteroatoms. The van der Waals surface area contributed by atoms with Crippen LogP contribution in [0.15, 0.2) is 30.3 Å². The molecule has 6 nitrogen and oxygen atoms in total. The van der Waals surface area contributed by atoms with Gasteiger partial charge in [-0.1, -0.05) is 30.3 Å². The van der Waals surface area contributed by atoms with Crippen molar-refractivity contribution in [2.45, 2.75) is 5.75 Å². The largest absolute Gasteiger partial charge is 0.288 e. The van der Waals surface area contributed by atoms with E-state index in [4.69, 9.17) is 17.5 Å². The predicted molar refractivity (Wildman–Crippen MR) is 54.6 cm³/mol. The van der Waals surface area contributed by atoms with Crippen LogP contribution in [0.2, 0.25) is 0 Å². The fourth-order valence-electron chi connectivity index (χ4n) is 0.785. The van der Waals surface area contributed by atoms with Crippen LogP contribution in [0.1, 0.15) is 5.56 Å². The van der Waals surface area contributed by atoms with Gasteiger partial charge < -0.3 is 0 Å². The van der Waals surface area contributed by atoms with Crippen molar-refractivity contribution in [3.05, 3.63) is 35.9 Å². The summed E-state index contributed by atoms with van der Waals surface area (Å²) in [6, 6.07) is 8.52. The number of thiol groups is 1. The maximum Gasteiger partial charge on any atom is 0.269 e. The minimum Gasteiger partial charge on any atom is -0.288 e. The van der Waals surface area contributed by atoms with Crippen molar-refractivity contribution in [2.75, 3.05) is 0 Å². The molecule has 0 atom stereocenters. The second-order valence-corrected chi connectivity index (χ2v) is 4.38. The average Bonchev–Trinajstić information content (AvgIpc) is 2.01. The van der Waals surface area contributed by atoms with Crippen LogP contribution in [0, 0.1) is 0 Å². The second-order valence-electron chi connectivity index (χ2n) is 2.45. The van der Waals surface area contributed by atoms with Gasteiger partial charge in [0.2, 0.25) is 0 Å². The van der Waals surface area contributed by atoms with Gasteiger partial charge in [-0.05, 0) is 5.56 Å². The van der Waals surface area contributed by atoms with Gasteiger partial charge in [0.15, 0.2) is 0 Å². The molecule has 0 unspecified atom stereocenters. The van der Waals surface area contributed by atoms with E-state index in [0.717, 1.165) is 0 Å². The van der Waals surface area contributed by atoms with Gasteiger partial charge in [-0.3, -0.25) is 9.11 Å². The number of hydrogen-bond donors (Lipinski definition) is 3. The number of benzene rings is 1. The van der Waals surface area contributed by atoms with Gasteiger partial charge in [0.1, 0.15) is 5.75 Å². The lowest BCUT2D eigenvalue weighted by molar-refractivity contribution is 0.482. The third kappa shape index (κ3) is 11.0. The minimum absolute atomic E-state index is 0.312. The van der Waals surface area contributed by atoms with Crippen LogP contribution < -0.4 is 0 Å². The van der Waals surface area contributed by atoms with Crippen molar-refractivity contribution in [2.24, 2.45) is 0 Å². The highest BCUT2D eigenvalue weighted by Gasteiger charge is 2.04. The monoisotopic (exact) mass is 254 g/mol. The standard InChI is InChI=1S/C7H8O3S.H2O3S/c8-11(9,10)6-7-4-2-1-3-5-7;1-4(2)3/h1-5H,6H2,(H,8,9,10);4H,(H,1,2,3). The Balaban J connectivity index is 0.000000423. The van der Waals surface area contributed by atoms with Crippen LogP contribution in [-0.4, -0.2) is 25.9 Å². The Kier molecular flexibility index (Phi) is 6.09. The zero-order valence-corrected chi connectivity index (χ0v) is 9.19. The molecular weight excluding hydrogens is 244 g/mol. The van der Waals surface area contributed by atoms with E-state index in [-0.39, 0.29) is 5.75 Å². The van der Waals surface area contributed by atoms with E-state index in [2.05, 4.69) is 0 Å². The Labute approximate surface area is 89.1 Å². The van der Waals surface area contributed by atoms with Crippen molar-refractivity contribution >= 4 is 21.1 Å². The van der Waals surface area contributed by atoms with E-state index in [9.17, 15) is 8.42 Å².